The molecule has 0 aliphatic carbocycles. The molecule has 1 aliphatic heterocycles. The van der Waals surface area contributed by atoms with Gasteiger partial charge in [0.25, 0.3) is 0 Å². The number of carbonyl (C=O) groups excluding carboxylic acids is 2. The maximum atomic E-state index is 12.8. The Balaban J connectivity index is 1.53. The van der Waals surface area contributed by atoms with E-state index in [1.165, 1.54) is 4.31 Å². The van der Waals surface area contributed by atoms with E-state index in [-0.39, 0.29) is 36.5 Å². The van der Waals surface area contributed by atoms with E-state index in [2.05, 4.69) is 10.6 Å². The highest BCUT2D eigenvalue weighted by atomic mass is 32.2. The number of nitrogens with one attached hydrogen (secondary N) is 2. The fourth-order valence-electron chi connectivity index (χ4n) is 3.66. The van der Waals surface area contributed by atoms with E-state index in [1.54, 1.807) is 6.07 Å². The lowest BCUT2D eigenvalue weighted by molar-refractivity contribution is -0.129. The van der Waals surface area contributed by atoms with Gasteiger partial charge in [0.1, 0.15) is 6.04 Å². The van der Waals surface area contributed by atoms with Crippen molar-refractivity contribution in [1.29, 1.82) is 0 Å². The minimum atomic E-state index is -3.55. The van der Waals surface area contributed by atoms with Crippen molar-refractivity contribution in [3.63, 3.8) is 0 Å². The summed E-state index contributed by atoms with van der Waals surface area (Å²) in [5.41, 5.74) is 2.58. The maximum absolute atomic E-state index is 12.8. The first-order valence-electron chi connectivity index (χ1n) is 10.5. The summed E-state index contributed by atoms with van der Waals surface area (Å²) in [6, 6.07) is 16.0. The van der Waals surface area contributed by atoms with Crippen LogP contribution in [0.2, 0.25) is 0 Å². The minimum absolute atomic E-state index is 0.0163. The number of anilines is 1. The van der Waals surface area contributed by atoms with E-state index < -0.39 is 16.1 Å². The molecule has 0 fully saturated rings. The summed E-state index contributed by atoms with van der Waals surface area (Å²) in [7, 11) is -3.55. The third-order valence-corrected chi connectivity index (χ3v) is 7.08. The maximum Gasteiger partial charge on any atom is 0.242 e. The molecule has 1 unspecified atom stereocenters. The Morgan fingerprint density at radius 3 is 2.42 bits per heavy atom. The monoisotopic (exact) mass is 443 g/mol. The molecule has 0 saturated heterocycles. The molecule has 8 heteroatoms. The summed E-state index contributed by atoms with van der Waals surface area (Å²) in [6.45, 7) is 4.08. The summed E-state index contributed by atoms with van der Waals surface area (Å²) in [5, 5.41) is 5.45. The fraction of sp³-hybridized carbons (Fsp3) is 0.391. The lowest BCUT2D eigenvalue weighted by atomic mass is 10.0. The summed E-state index contributed by atoms with van der Waals surface area (Å²) < 4.78 is 26.9. The Bertz CT molecular complexity index is 1020. The van der Waals surface area contributed by atoms with Gasteiger partial charge in [-0.1, -0.05) is 62.4 Å². The van der Waals surface area contributed by atoms with Crippen LogP contribution in [0.15, 0.2) is 54.6 Å². The van der Waals surface area contributed by atoms with Crippen LogP contribution in [0.1, 0.15) is 25.0 Å². The molecule has 0 saturated carbocycles. The van der Waals surface area contributed by atoms with Crippen LogP contribution in [0, 0.1) is 5.92 Å². The third-order valence-electron chi connectivity index (χ3n) is 5.31. The average Bonchev–Trinajstić information content (AvgIpc) is 3.17. The molecule has 2 N–H and O–H groups in total. The Morgan fingerprint density at radius 2 is 1.71 bits per heavy atom. The lowest BCUT2D eigenvalue weighted by Crippen LogP contribution is -2.51. The van der Waals surface area contributed by atoms with Crippen LogP contribution < -0.4 is 14.9 Å². The molecule has 1 heterocycles. The number of hydrogen-bond acceptors (Lipinski definition) is 4. The third kappa shape index (κ3) is 5.85. The van der Waals surface area contributed by atoms with Crippen molar-refractivity contribution in [3.8, 4) is 0 Å². The van der Waals surface area contributed by atoms with Gasteiger partial charge in [-0.25, -0.2) is 8.42 Å². The van der Waals surface area contributed by atoms with Crippen LogP contribution in [-0.4, -0.2) is 45.1 Å². The number of para-hydroxylation sites is 1. The molecule has 2 aromatic rings. The summed E-state index contributed by atoms with van der Waals surface area (Å²) in [4.78, 5) is 25.0. The molecule has 1 aliphatic rings. The number of amides is 2. The van der Waals surface area contributed by atoms with Gasteiger partial charge < -0.3 is 10.6 Å². The highest BCUT2D eigenvalue weighted by Gasteiger charge is 2.29. The number of nitrogens with zero attached hydrogens (tertiary/aromatic N) is 1. The van der Waals surface area contributed by atoms with Crippen molar-refractivity contribution >= 4 is 27.5 Å². The van der Waals surface area contributed by atoms with Crippen LogP contribution in [0.3, 0.4) is 0 Å². The highest BCUT2D eigenvalue weighted by Crippen LogP contribution is 2.29. The zero-order chi connectivity index (χ0) is 22.4. The van der Waals surface area contributed by atoms with E-state index in [9.17, 15) is 18.0 Å². The van der Waals surface area contributed by atoms with Gasteiger partial charge in [-0.2, -0.15) is 0 Å². The van der Waals surface area contributed by atoms with Gasteiger partial charge in [0.05, 0.1) is 17.9 Å². The first kappa shape index (κ1) is 22.8. The van der Waals surface area contributed by atoms with Crippen molar-refractivity contribution in [2.24, 2.45) is 5.92 Å². The van der Waals surface area contributed by atoms with Gasteiger partial charge in [0, 0.05) is 13.1 Å². The summed E-state index contributed by atoms with van der Waals surface area (Å²) in [5.74, 6) is -0.966. The number of fused-ring (bicyclic) bond motifs is 1. The number of rotatable bonds is 9. The zero-order valence-electron chi connectivity index (χ0n) is 17.9. The van der Waals surface area contributed by atoms with E-state index in [0.717, 1.165) is 11.1 Å². The SMILES string of the molecule is CC(C)C(NC(=O)Cc1ccccc1)C(=O)NCCS(=O)(=O)N1CCc2ccccc21. The van der Waals surface area contributed by atoms with Gasteiger partial charge in [-0.05, 0) is 29.5 Å². The molecule has 7 nitrogen and oxygen atoms in total. The second kappa shape index (κ2) is 9.96. The topological polar surface area (TPSA) is 95.6 Å². The van der Waals surface area contributed by atoms with Crippen LogP contribution in [0.25, 0.3) is 0 Å². The standard InChI is InChI=1S/C23H29N3O4S/c1-17(2)22(25-21(27)16-18-8-4-3-5-9-18)23(28)24-13-15-31(29,30)26-14-12-19-10-6-7-11-20(19)26/h3-11,17,22H,12-16H2,1-2H3,(H,24,28)(H,25,27). The molecule has 0 radical (unpaired) electrons. The Kier molecular flexibility index (Phi) is 7.33. The van der Waals surface area contributed by atoms with Gasteiger partial charge in [-0.3, -0.25) is 13.9 Å². The summed E-state index contributed by atoms with van der Waals surface area (Å²) >= 11 is 0. The predicted octanol–water partition coefficient (Wildman–Crippen LogP) is 1.88. The molecule has 1 atom stereocenters. The van der Waals surface area contributed by atoms with E-state index >= 15 is 0 Å². The molecule has 0 bridgehead atoms. The van der Waals surface area contributed by atoms with Crippen LogP contribution in [0.4, 0.5) is 5.69 Å². The van der Waals surface area contributed by atoms with Crippen molar-refractivity contribution in [1.82, 2.24) is 10.6 Å². The second-order valence-corrected chi connectivity index (χ2v) is 10.0. The fourth-order valence-corrected chi connectivity index (χ4v) is 5.09. The number of sulfonamides is 1. The van der Waals surface area contributed by atoms with Crippen molar-refractivity contribution in [2.45, 2.75) is 32.7 Å². The molecule has 0 aromatic heterocycles. The van der Waals surface area contributed by atoms with E-state index in [1.807, 2.05) is 62.4 Å². The normalized spacial score (nSPS) is 14.2. The smallest absolute Gasteiger partial charge is 0.242 e. The van der Waals surface area contributed by atoms with Gasteiger partial charge in [0.2, 0.25) is 21.8 Å². The first-order chi connectivity index (χ1) is 14.8. The molecule has 2 amide bonds. The number of hydrogen-bond donors (Lipinski definition) is 2. The largest absolute Gasteiger partial charge is 0.353 e. The zero-order valence-corrected chi connectivity index (χ0v) is 18.7. The van der Waals surface area contributed by atoms with Crippen LogP contribution in [-0.2, 0) is 32.5 Å². The van der Waals surface area contributed by atoms with Crippen molar-refractivity contribution < 1.29 is 18.0 Å². The number of carbonyl (C=O) groups is 2. The van der Waals surface area contributed by atoms with Crippen LogP contribution >= 0.6 is 0 Å². The summed E-state index contributed by atoms with van der Waals surface area (Å²) in [6.07, 6.45) is 0.866. The van der Waals surface area contributed by atoms with E-state index in [4.69, 9.17) is 0 Å². The molecule has 3 rings (SSSR count). The molecule has 31 heavy (non-hydrogen) atoms. The Hall–Kier alpha value is -2.87. The van der Waals surface area contributed by atoms with Crippen LogP contribution in [0.5, 0.6) is 0 Å². The molecule has 0 spiro atoms. The highest BCUT2D eigenvalue weighted by molar-refractivity contribution is 7.92. The molecular weight excluding hydrogens is 414 g/mol. The van der Waals surface area contributed by atoms with Gasteiger partial charge in [0.15, 0.2) is 0 Å². The molecule has 166 valence electrons. The average molecular weight is 444 g/mol. The van der Waals surface area contributed by atoms with E-state index in [0.29, 0.717) is 18.7 Å². The number of benzene rings is 2. The first-order valence-corrected chi connectivity index (χ1v) is 12.1. The van der Waals surface area contributed by atoms with Gasteiger partial charge in [-0.15, -0.1) is 0 Å². The van der Waals surface area contributed by atoms with Crippen molar-refractivity contribution in [2.75, 3.05) is 23.1 Å². The lowest BCUT2D eigenvalue weighted by Gasteiger charge is -2.23. The Labute approximate surface area is 183 Å². The predicted molar refractivity (Wildman–Crippen MR) is 121 cm³/mol. The van der Waals surface area contributed by atoms with Crippen molar-refractivity contribution in [3.05, 3.63) is 65.7 Å². The molecular formula is C23H29N3O4S. The second-order valence-electron chi connectivity index (χ2n) is 8.01. The Morgan fingerprint density at radius 1 is 1.03 bits per heavy atom. The molecule has 2 aromatic carbocycles. The minimum Gasteiger partial charge on any atom is -0.353 e. The quantitative estimate of drug-likeness (QED) is 0.619. The van der Waals surface area contributed by atoms with Gasteiger partial charge >= 0.3 is 0 Å².